The van der Waals surface area contributed by atoms with E-state index >= 15 is 0 Å². The van der Waals surface area contributed by atoms with Crippen LogP contribution in [0.1, 0.15) is 22.3 Å². The number of ether oxygens (including phenoxy) is 1. The number of carboxylic acids is 1. The van der Waals surface area contributed by atoms with E-state index in [1.807, 2.05) is 30.3 Å². The zero-order valence-corrected chi connectivity index (χ0v) is 14.8. The van der Waals surface area contributed by atoms with E-state index in [9.17, 15) is 9.59 Å². The van der Waals surface area contributed by atoms with Gasteiger partial charge in [-0.25, -0.2) is 4.79 Å². The fourth-order valence-electron chi connectivity index (χ4n) is 2.29. The molecule has 1 amide bonds. The van der Waals surface area contributed by atoms with Crippen LogP contribution in [0.2, 0.25) is 0 Å². The molecule has 0 radical (unpaired) electrons. The van der Waals surface area contributed by atoms with Crippen molar-refractivity contribution in [2.75, 3.05) is 19.4 Å². The zero-order valence-electron chi connectivity index (χ0n) is 14.0. The highest BCUT2D eigenvalue weighted by Gasteiger charge is 2.09. The minimum Gasteiger partial charge on any atom is -0.496 e. The van der Waals surface area contributed by atoms with Crippen molar-refractivity contribution in [3.63, 3.8) is 0 Å². The Morgan fingerprint density at radius 1 is 1.16 bits per heavy atom. The summed E-state index contributed by atoms with van der Waals surface area (Å²) in [5.74, 6) is 0.263. The first-order valence-electron chi connectivity index (χ1n) is 7.95. The summed E-state index contributed by atoms with van der Waals surface area (Å²) >= 11 is 1.65. The second-order valence-electron chi connectivity index (χ2n) is 5.34. The minimum atomic E-state index is -0.992. The molecule has 0 unspecified atom stereocenters. The van der Waals surface area contributed by atoms with Crippen LogP contribution in [0.5, 0.6) is 5.75 Å². The van der Waals surface area contributed by atoms with E-state index in [2.05, 4.69) is 5.32 Å². The number of carboxylic acid groups (broad SMARTS) is 1. The number of hydrogen-bond acceptors (Lipinski definition) is 4. The smallest absolute Gasteiger partial charge is 0.335 e. The van der Waals surface area contributed by atoms with Crippen LogP contribution in [0.25, 0.3) is 0 Å². The number of aromatic carboxylic acids is 1. The van der Waals surface area contributed by atoms with Gasteiger partial charge in [0.2, 0.25) is 5.91 Å². The Morgan fingerprint density at radius 2 is 1.92 bits per heavy atom. The number of benzene rings is 2. The monoisotopic (exact) mass is 359 g/mol. The predicted octanol–water partition coefficient (Wildman–Crippen LogP) is 3.23. The normalized spacial score (nSPS) is 10.3. The van der Waals surface area contributed by atoms with Crippen molar-refractivity contribution in [1.82, 2.24) is 5.32 Å². The SMILES string of the molecule is COc1cc(C(=O)O)ccc1CCNC(=O)CCSc1ccccc1. The highest BCUT2D eigenvalue weighted by Crippen LogP contribution is 2.21. The Balaban J connectivity index is 1.74. The Labute approximate surface area is 151 Å². The summed E-state index contributed by atoms with van der Waals surface area (Å²) in [6.07, 6.45) is 1.04. The van der Waals surface area contributed by atoms with Crippen LogP contribution in [0.3, 0.4) is 0 Å². The largest absolute Gasteiger partial charge is 0.496 e. The van der Waals surface area contributed by atoms with Crippen molar-refractivity contribution in [3.8, 4) is 5.75 Å². The Hall–Kier alpha value is -2.47. The fraction of sp³-hybridized carbons (Fsp3) is 0.263. The molecule has 0 heterocycles. The molecule has 2 aromatic carbocycles. The molecule has 0 saturated heterocycles. The highest BCUT2D eigenvalue weighted by atomic mass is 32.2. The van der Waals surface area contributed by atoms with Crippen molar-refractivity contribution in [2.45, 2.75) is 17.7 Å². The zero-order chi connectivity index (χ0) is 18.1. The van der Waals surface area contributed by atoms with Crippen molar-refractivity contribution < 1.29 is 19.4 Å². The molecule has 2 rings (SSSR count). The van der Waals surface area contributed by atoms with Gasteiger partial charge in [-0.05, 0) is 36.2 Å². The molecule has 0 atom stereocenters. The molecule has 0 bridgehead atoms. The molecule has 0 aliphatic heterocycles. The molecular formula is C19H21NO4S. The minimum absolute atomic E-state index is 0.00422. The molecule has 132 valence electrons. The van der Waals surface area contributed by atoms with Crippen LogP contribution >= 0.6 is 11.8 Å². The van der Waals surface area contributed by atoms with Crippen LogP contribution in [-0.4, -0.2) is 36.4 Å². The Bertz CT molecular complexity index is 719. The van der Waals surface area contributed by atoms with Crippen LogP contribution in [0.4, 0.5) is 0 Å². The maximum atomic E-state index is 11.9. The summed E-state index contributed by atoms with van der Waals surface area (Å²) < 4.78 is 5.23. The molecule has 25 heavy (non-hydrogen) atoms. The number of hydrogen-bond donors (Lipinski definition) is 2. The van der Waals surface area contributed by atoms with Gasteiger partial charge in [0, 0.05) is 23.6 Å². The molecule has 2 N–H and O–H groups in total. The van der Waals surface area contributed by atoms with E-state index in [1.54, 1.807) is 23.9 Å². The predicted molar refractivity (Wildman–Crippen MR) is 98.5 cm³/mol. The molecule has 0 spiro atoms. The van der Waals surface area contributed by atoms with Gasteiger partial charge in [0.1, 0.15) is 5.75 Å². The second-order valence-corrected chi connectivity index (χ2v) is 6.51. The van der Waals surface area contributed by atoms with Gasteiger partial charge in [-0.2, -0.15) is 0 Å². The third kappa shape index (κ3) is 6.15. The number of amides is 1. The lowest BCUT2D eigenvalue weighted by Gasteiger charge is -2.10. The summed E-state index contributed by atoms with van der Waals surface area (Å²) in [6.45, 7) is 0.484. The summed E-state index contributed by atoms with van der Waals surface area (Å²) in [6, 6.07) is 14.7. The third-order valence-electron chi connectivity index (χ3n) is 3.59. The number of carbonyl (C=O) groups excluding carboxylic acids is 1. The molecule has 2 aromatic rings. The summed E-state index contributed by atoms with van der Waals surface area (Å²) in [5, 5.41) is 11.9. The lowest BCUT2D eigenvalue weighted by atomic mass is 10.1. The number of thioether (sulfide) groups is 1. The van der Waals surface area contributed by atoms with Crippen LogP contribution < -0.4 is 10.1 Å². The van der Waals surface area contributed by atoms with Crippen LogP contribution in [0.15, 0.2) is 53.4 Å². The first-order chi connectivity index (χ1) is 12.1. The molecule has 6 heteroatoms. The fourth-order valence-corrected chi connectivity index (χ4v) is 3.16. The van der Waals surface area contributed by atoms with Crippen LogP contribution in [-0.2, 0) is 11.2 Å². The van der Waals surface area contributed by atoms with E-state index in [0.29, 0.717) is 25.1 Å². The lowest BCUT2D eigenvalue weighted by Crippen LogP contribution is -2.26. The molecule has 0 aliphatic carbocycles. The standard InChI is InChI=1S/C19H21NO4S/c1-24-17-13-15(19(22)23)8-7-14(17)9-11-20-18(21)10-12-25-16-5-3-2-4-6-16/h2-8,13H,9-12H2,1H3,(H,20,21)(H,22,23). The first kappa shape index (κ1) is 18.9. The maximum absolute atomic E-state index is 11.9. The molecule has 5 nitrogen and oxygen atoms in total. The molecular weight excluding hydrogens is 338 g/mol. The second kappa shape index (κ2) is 9.74. The Morgan fingerprint density at radius 3 is 2.60 bits per heavy atom. The summed E-state index contributed by atoms with van der Waals surface area (Å²) in [5.41, 5.74) is 1.05. The molecule has 0 fully saturated rings. The third-order valence-corrected chi connectivity index (χ3v) is 4.61. The average molecular weight is 359 g/mol. The van der Waals surface area contributed by atoms with E-state index < -0.39 is 5.97 Å². The molecule has 0 aliphatic rings. The van der Waals surface area contributed by atoms with Crippen LogP contribution in [0, 0.1) is 0 Å². The lowest BCUT2D eigenvalue weighted by molar-refractivity contribution is -0.120. The van der Waals surface area contributed by atoms with Gasteiger partial charge < -0.3 is 15.2 Å². The van der Waals surface area contributed by atoms with Crippen molar-refractivity contribution in [3.05, 3.63) is 59.7 Å². The van der Waals surface area contributed by atoms with E-state index in [0.717, 1.165) is 16.2 Å². The van der Waals surface area contributed by atoms with Crippen molar-refractivity contribution in [2.24, 2.45) is 0 Å². The van der Waals surface area contributed by atoms with Gasteiger partial charge in [0.25, 0.3) is 0 Å². The van der Waals surface area contributed by atoms with Gasteiger partial charge >= 0.3 is 5.97 Å². The first-order valence-corrected chi connectivity index (χ1v) is 8.93. The van der Waals surface area contributed by atoms with E-state index in [1.165, 1.54) is 13.2 Å². The van der Waals surface area contributed by atoms with Gasteiger partial charge in [0.05, 0.1) is 12.7 Å². The Kier molecular flexibility index (Phi) is 7.35. The maximum Gasteiger partial charge on any atom is 0.335 e. The van der Waals surface area contributed by atoms with Gasteiger partial charge in [-0.3, -0.25) is 4.79 Å². The van der Waals surface area contributed by atoms with Crippen molar-refractivity contribution >= 4 is 23.6 Å². The quantitative estimate of drug-likeness (QED) is 0.672. The summed E-state index contributed by atoms with van der Waals surface area (Å²) in [4.78, 5) is 24.0. The van der Waals surface area contributed by atoms with E-state index in [4.69, 9.17) is 9.84 Å². The number of nitrogens with one attached hydrogen (secondary N) is 1. The van der Waals surface area contributed by atoms with E-state index in [-0.39, 0.29) is 11.5 Å². The number of rotatable bonds is 9. The molecule has 0 saturated carbocycles. The van der Waals surface area contributed by atoms with Gasteiger partial charge in [-0.1, -0.05) is 24.3 Å². The van der Waals surface area contributed by atoms with Gasteiger partial charge in [-0.15, -0.1) is 11.8 Å². The van der Waals surface area contributed by atoms with Gasteiger partial charge in [0.15, 0.2) is 0 Å². The highest BCUT2D eigenvalue weighted by molar-refractivity contribution is 7.99. The van der Waals surface area contributed by atoms with Crippen molar-refractivity contribution in [1.29, 1.82) is 0 Å². The summed E-state index contributed by atoms with van der Waals surface area (Å²) in [7, 11) is 1.50. The average Bonchev–Trinajstić information content (AvgIpc) is 2.62. The number of methoxy groups -OCH3 is 1. The molecule has 0 aromatic heterocycles. The topological polar surface area (TPSA) is 75.6 Å². The number of carbonyl (C=O) groups is 2.